The van der Waals surface area contributed by atoms with Crippen molar-refractivity contribution in [3.05, 3.63) is 59.7 Å². The summed E-state index contributed by atoms with van der Waals surface area (Å²) in [5, 5.41) is 8.19. The van der Waals surface area contributed by atoms with Crippen molar-refractivity contribution >= 4 is 5.91 Å². The normalized spacial score (nSPS) is 10.6. The second kappa shape index (κ2) is 7.06. The first kappa shape index (κ1) is 15.9. The van der Waals surface area contributed by atoms with Crippen molar-refractivity contribution in [1.82, 2.24) is 15.7 Å². The number of hydroxylamine groups is 1. The molecular weight excluding hydrogens is 306 g/mol. The lowest BCUT2D eigenvalue weighted by Gasteiger charge is -2.03. The predicted molar refractivity (Wildman–Crippen MR) is 89.0 cm³/mol. The van der Waals surface area contributed by atoms with E-state index in [4.69, 9.17) is 9.25 Å². The highest BCUT2D eigenvalue weighted by Crippen LogP contribution is 2.26. The molecule has 0 fully saturated rings. The Balaban J connectivity index is 1.81. The molecule has 0 spiro atoms. The summed E-state index contributed by atoms with van der Waals surface area (Å²) in [6.45, 7) is 4.20. The molecule has 0 radical (unpaired) electrons. The first-order chi connectivity index (χ1) is 11.7. The van der Waals surface area contributed by atoms with Crippen LogP contribution in [0.3, 0.4) is 0 Å². The maximum Gasteiger partial charge on any atom is 0.274 e. The van der Waals surface area contributed by atoms with Crippen molar-refractivity contribution in [3.8, 4) is 22.9 Å². The number of benzene rings is 2. The molecule has 122 valence electrons. The first-order valence-corrected chi connectivity index (χ1v) is 7.61. The van der Waals surface area contributed by atoms with E-state index >= 15 is 0 Å². The van der Waals surface area contributed by atoms with Crippen molar-refractivity contribution in [2.24, 2.45) is 0 Å². The van der Waals surface area contributed by atoms with Gasteiger partial charge in [-0.15, -0.1) is 10.2 Å². The average Bonchev–Trinajstić information content (AvgIpc) is 3.10. The molecule has 3 rings (SSSR count). The number of nitrogens with one attached hydrogen (secondary N) is 1. The third-order valence-electron chi connectivity index (χ3n) is 3.50. The second-order valence-corrected chi connectivity index (χ2v) is 5.17. The van der Waals surface area contributed by atoms with Crippen molar-refractivity contribution in [2.75, 3.05) is 6.61 Å². The van der Waals surface area contributed by atoms with Crippen LogP contribution in [-0.4, -0.2) is 22.7 Å². The van der Waals surface area contributed by atoms with Crippen molar-refractivity contribution in [1.29, 1.82) is 0 Å². The summed E-state index contributed by atoms with van der Waals surface area (Å²) >= 11 is 0. The summed E-state index contributed by atoms with van der Waals surface area (Å²) in [4.78, 5) is 16.7. The maximum atomic E-state index is 11.8. The highest BCUT2D eigenvalue weighted by atomic mass is 16.6. The van der Waals surface area contributed by atoms with E-state index in [1.54, 1.807) is 31.2 Å². The number of aromatic nitrogens is 2. The SMILES string of the molecule is CCONC(=O)c1ccc(-c2nnc(-c3ccccc3C)o2)cc1. The van der Waals surface area contributed by atoms with Gasteiger partial charge < -0.3 is 4.42 Å². The van der Waals surface area contributed by atoms with E-state index in [1.165, 1.54) is 0 Å². The highest BCUT2D eigenvalue weighted by Gasteiger charge is 2.13. The van der Waals surface area contributed by atoms with Crippen LogP contribution < -0.4 is 5.48 Å². The van der Waals surface area contributed by atoms with Crippen molar-refractivity contribution in [2.45, 2.75) is 13.8 Å². The lowest BCUT2D eigenvalue weighted by atomic mass is 10.1. The highest BCUT2D eigenvalue weighted by molar-refractivity contribution is 5.93. The van der Waals surface area contributed by atoms with E-state index < -0.39 is 0 Å². The standard InChI is InChI=1S/C18H17N3O3/c1-3-23-21-16(22)13-8-10-14(11-9-13)17-19-20-18(24-17)15-7-5-4-6-12(15)2/h4-11H,3H2,1-2H3,(H,21,22). The molecule has 6 nitrogen and oxygen atoms in total. The number of rotatable bonds is 5. The molecule has 1 heterocycles. The predicted octanol–water partition coefficient (Wildman–Crippen LogP) is 3.39. The Bertz CT molecular complexity index is 841. The molecule has 0 saturated carbocycles. The Morgan fingerprint density at radius 1 is 1.08 bits per heavy atom. The fourth-order valence-corrected chi connectivity index (χ4v) is 2.22. The van der Waals surface area contributed by atoms with E-state index in [-0.39, 0.29) is 5.91 Å². The van der Waals surface area contributed by atoms with Crippen LogP contribution in [-0.2, 0) is 4.84 Å². The number of nitrogens with zero attached hydrogens (tertiary/aromatic N) is 2. The molecule has 0 aliphatic carbocycles. The number of carbonyl (C=O) groups excluding carboxylic acids is 1. The van der Waals surface area contributed by atoms with Gasteiger partial charge in [-0.1, -0.05) is 18.2 Å². The Kier molecular flexibility index (Phi) is 4.67. The van der Waals surface area contributed by atoms with E-state index in [0.29, 0.717) is 24.0 Å². The van der Waals surface area contributed by atoms with Gasteiger partial charge in [0, 0.05) is 16.7 Å². The van der Waals surface area contributed by atoms with Crippen LogP contribution in [0.1, 0.15) is 22.8 Å². The summed E-state index contributed by atoms with van der Waals surface area (Å²) in [5.74, 6) is 0.584. The molecule has 3 aromatic rings. The number of carbonyl (C=O) groups is 1. The minimum Gasteiger partial charge on any atom is -0.416 e. The molecule has 0 saturated heterocycles. The van der Waals surface area contributed by atoms with Crippen LogP contribution in [0.4, 0.5) is 0 Å². The second-order valence-electron chi connectivity index (χ2n) is 5.17. The molecule has 6 heteroatoms. The van der Waals surface area contributed by atoms with Crippen LogP contribution in [0.2, 0.25) is 0 Å². The number of hydrogen-bond acceptors (Lipinski definition) is 5. The summed E-state index contributed by atoms with van der Waals surface area (Å²) < 4.78 is 5.75. The molecule has 0 unspecified atom stereocenters. The van der Waals surface area contributed by atoms with Gasteiger partial charge in [0.05, 0.1) is 6.61 Å². The van der Waals surface area contributed by atoms with Gasteiger partial charge in [-0.05, 0) is 49.7 Å². The van der Waals surface area contributed by atoms with Crippen LogP contribution in [0.5, 0.6) is 0 Å². The number of hydrogen-bond donors (Lipinski definition) is 1. The van der Waals surface area contributed by atoms with Crippen LogP contribution >= 0.6 is 0 Å². The van der Waals surface area contributed by atoms with Gasteiger partial charge in [-0.25, -0.2) is 5.48 Å². The molecule has 1 amide bonds. The van der Waals surface area contributed by atoms with Crippen LogP contribution in [0.25, 0.3) is 22.9 Å². The van der Waals surface area contributed by atoms with E-state index in [0.717, 1.165) is 16.7 Å². The minimum atomic E-state index is -0.297. The third kappa shape index (κ3) is 3.33. The monoisotopic (exact) mass is 323 g/mol. The lowest BCUT2D eigenvalue weighted by molar-refractivity contribution is 0.0364. The summed E-state index contributed by atoms with van der Waals surface area (Å²) in [7, 11) is 0. The summed E-state index contributed by atoms with van der Waals surface area (Å²) in [6, 6.07) is 14.7. The molecule has 1 aromatic heterocycles. The van der Waals surface area contributed by atoms with E-state index in [1.807, 2.05) is 31.2 Å². The van der Waals surface area contributed by atoms with Crippen LogP contribution in [0, 0.1) is 6.92 Å². The molecule has 1 N–H and O–H groups in total. The molecule has 24 heavy (non-hydrogen) atoms. The van der Waals surface area contributed by atoms with Gasteiger partial charge in [0.15, 0.2) is 0 Å². The number of amides is 1. The fraction of sp³-hybridized carbons (Fsp3) is 0.167. The first-order valence-electron chi connectivity index (χ1n) is 7.61. The van der Waals surface area contributed by atoms with Gasteiger partial charge in [0.2, 0.25) is 11.8 Å². The Hall–Kier alpha value is -2.99. The summed E-state index contributed by atoms with van der Waals surface area (Å²) in [6.07, 6.45) is 0. The van der Waals surface area contributed by atoms with Gasteiger partial charge in [-0.2, -0.15) is 0 Å². The molecule has 0 aliphatic rings. The van der Waals surface area contributed by atoms with Crippen molar-refractivity contribution < 1.29 is 14.0 Å². The maximum absolute atomic E-state index is 11.8. The molecule has 0 atom stereocenters. The third-order valence-corrected chi connectivity index (χ3v) is 3.50. The molecule has 0 aliphatic heterocycles. The van der Waals surface area contributed by atoms with Crippen LogP contribution in [0.15, 0.2) is 52.9 Å². The fourth-order valence-electron chi connectivity index (χ4n) is 2.22. The largest absolute Gasteiger partial charge is 0.416 e. The Morgan fingerprint density at radius 3 is 2.50 bits per heavy atom. The van der Waals surface area contributed by atoms with Crippen molar-refractivity contribution in [3.63, 3.8) is 0 Å². The van der Waals surface area contributed by atoms with Gasteiger partial charge in [-0.3, -0.25) is 9.63 Å². The summed E-state index contributed by atoms with van der Waals surface area (Å²) in [5.41, 5.74) is 5.56. The topological polar surface area (TPSA) is 77.2 Å². The molecule has 0 bridgehead atoms. The molecule has 2 aromatic carbocycles. The quantitative estimate of drug-likeness (QED) is 0.728. The zero-order valence-electron chi connectivity index (χ0n) is 13.4. The van der Waals surface area contributed by atoms with Gasteiger partial charge in [0.1, 0.15) is 0 Å². The van der Waals surface area contributed by atoms with E-state index in [2.05, 4.69) is 15.7 Å². The Labute approximate surface area is 139 Å². The lowest BCUT2D eigenvalue weighted by Crippen LogP contribution is -2.23. The molecular formula is C18H17N3O3. The Morgan fingerprint density at radius 2 is 1.79 bits per heavy atom. The zero-order valence-corrected chi connectivity index (χ0v) is 13.4. The zero-order chi connectivity index (χ0) is 16.9. The van der Waals surface area contributed by atoms with E-state index in [9.17, 15) is 4.79 Å². The van der Waals surface area contributed by atoms with Gasteiger partial charge in [0.25, 0.3) is 5.91 Å². The number of aryl methyl sites for hydroxylation is 1. The smallest absolute Gasteiger partial charge is 0.274 e. The average molecular weight is 323 g/mol. The van der Waals surface area contributed by atoms with Gasteiger partial charge >= 0.3 is 0 Å². The minimum absolute atomic E-state index is 0.297.